The smallest absolute Gasteiger partial charge is 0.223 e. The first-order valence-electron chi connectivity index (χ1n) is 11.0. The Morgan fingerprint density at radius 2 is 1.81 bits per heavy atom. The maximum absolute atomic E-state index is 14.6. The lowest BCUT2D eigenvalue weighted by molar-refractivity contribution is -0.136. The van der Waals surface area contributed by atoms with Gasteiger partial charge in [-0.3, -0.25) is 4.79 Å². The number of nitrogens with one attached hydrogen (secondary N) is 1. The third-order valence-corrected chi connectivity index (χ3v) is 5.49. The van der Waals surface area contributed by atoms with E-state index in [-0.39, 0.29) is 24.8 Å². The van der Waals surface area contributed by atoms with Crippen molar-refractivity contribution in [2.45, 2.75) is 51.9 Å². The summed E-state index contributed by atoms with van der Waals surface area (Å²) in [6.45, 7) is 6.07. The maximum Gasteiger partial charge on any atom is 0.223 e. The number of nitrogens with zero attached hydrogens (tertiary/aromatic N) is 1. The molecule has 1 N–H and O–H groups in total. The van der Waals surface area contributed by atoms with Crippen molar-refractivity contribution in [1.82, 2.24) is 10.2 Å². The lowest BCUT2D eigenvalue weighted by atomic mass is 10.0. The van der Waals surface area contributed by atoms with Gasteiger partial charge in [0.25, 0.3) is 0 Å². The molecule has 31 heavy (non-hydrogen) atoms. The minimum Gasteiger partial charge on any atom is -0.493 e. The molecule has 1 aliphatic heterocycles. The third-order valence-electron chi connectivity index (χ3n) is 5.49. The van der Waals surface area contributed by atoms with Crippen molar-refractivity contribution >= 4 is 5.91 Å². The predicted octanol–water partition coefficient (Wildman–Crippen LogP) is 4.52. The predicted molar refractivity (Wildman–Crippen MR) is 118 cm³/mol. The summed E-state index contributed by atoms with van der Waals surface area (Å²) in [6.07, 6.45) is 0.320. The Morgan fingerprint density at radius 1 is 1.13 bits per heavy atom. The number of hydrogen-bond acceptors (Lipinski definition) is 3. The molecule has 2 aromatic rings. The van der Waals surface area contributed by atoms with Gasteiger partial charge in [0, 0.05) is 19.5 Å². The Bertz CT molecular complexity index is 824. The van der Waals surface area contributed by atoms with E-state index in [0.717, 1.165) is 16.9 Å². The Balaban J connectivity index is 1.64. The molecule has 0 bridgehead atoms. The summed E-state index contributed by atoms with van der Waals surface area (Å²) in [5.41, 5.74) is 1.83. The number of halogens is 2. The number of hydrogen-bond donors (Lipinski definition) is 1. The summed E-state index contributed by atoms with van der Waals surface area (Å²) < 4.78 is 33.6. The topological polar surface area (TPSA) is 41.6 Å². The van der Waals surface area contributed by atoms with Crippen molar-refractivity contribution in [2.75, 3.05) is 19.7 Å². The minimum absolute atomic E-state index is 0.0843. The zero-order chi connectivity index (χ0) is 22.2. The van der Waals surface area contributed by atoms with Gasteiger partial charge in [-0.25, -0.2) is 8.78 Å². The maximum atomic E-state index is 14.6. The molecule has 1 saturated heterocycles. The molecule has 4 nitrogen and oxygen atoms in total. The normalized spacial score (nSPS) is 18.7. The molecule has 1 heterocycles. The molecule has 2 atom stereocenters. The average molecular weight is 431 g/mol. The van der Waals surface area contributed by atoms with Crippen LogP contribution in [0.25, 0.3) is 0 Å². The number of aryl methyl sites for hydroxylation is 1. The van der Waals surface area contributed by atoms with Crippen LogP contribution in [0.5, 0.6) is 5.75 Å². The highest BCUT2D eigenvalue weighted by molar-refractivity contribution is 5.77. The lowest BCUT2D eigenvalue weighted by Crippen LogP contribution is -2.52. The van der Waals surface area contributed by atoms with Crippen LogP contribution in [-0.4, -0.2) is 42.7 Å². The molecule has 0 unspecified atom stereocenters. The van der Waals surface area contributed by atoms with Crippen molar-refractivity contribution in [1.29, 1.82) is 0 Å². The van der Waals surface area contributed by atoms with E-state index in [1.54, 1.807) is 17.0 Å². The fraction of sp³-hybridized carbons (Fsp3) is 0.480. The largest absolute Gasteiger partial charge is 0.493 e. The summed E-state index contributed by atoms with van der Waals surface area (Å²) in [6, 6.07) is 13.4. The van der Waals surface area contributed by atoms with Crippen LogP contribution in [0.4, 0.5) is 8.78 Å². The molecule has 168 valence electrons. The van der Waals surface area contributed by atoms with Crippen LogP contribution in [0.15, 0.2) is 48.5 Å². The van der Waals surface area contributed by atoms with E-state index in [9.17, 15) is 13.6 Å². The van der Waals surface area contributed by atoms with Crippen LogP contribution < -0.4 is 10.1 Å². The lowest BCUT2D eigenvalue weighted by Gasteiger charge is -2.37. The second-order valence-electron chi connectivity index (χ2n) is 8.57. The summed E-state index contributed by atoms with van der Waals surface area (Å²) in [5.74, 6) is 0.863. The van der Waals surface area contributed by atoms with Gasteiger partial charge >= 0.3 is 0 Å². The second-order valence-corrected chi connectivity index (χ2v) is 8.57. The zero-order valence-electron chi connectivity index (χ0n) is 18.3. The molecule has 1 aliphatic rings. The Labute approximate surface area is 183 Å². The summed E-state index contributed by atoms with van der Waals surface area (Å²) in [7, 11) is 0. The quantitative estimate of drug-likeness (QED) is 0.636. The van der Waals surface area contributed by atoms with Gasteiger partial charge in [0.05, 0.1) is 12.6 Å². The zero-order valence-corrected chi connectivity index (χ0v) is 18.3. The summed E-state index contributed by atoms with van der Waals surface area (Å²) in [5, 5.41) is 3.04. The highest BCUT2D eigenvalue weighted by atomic mass is 19.1. The van der Waals surface area contributed by atoms with Crippen LogP contribution in [0.2, 0.25) is 0 Å². The minimum atomic E-state index is -1.12. The van der Waals surface area contributed by atoms with Crippen LogP contribution in [0.3, 0.4) is 0 Å². The van der Waals surface area contributed by atoms with E-state index in [4.69, 9.17) is 4.74 Å². The molecule has 0 radical (unpaired) electrons. The van der Waals surface area contributed by atoms with E-state index >= 15 is 0 Å². The standard InChI is InChI=1S/C25H32F2N2O2/c1-18(2)17-31-22-10-5-19(6-11-22)7-12-25(30)29(24-13-14-28-15-23(24)27)16-20-3-8-21(26)9-4-20/h3-6,8-11,18,23-24,28H,7,12-17H2,1-2H3/t23-,24+/m1/s1. The van der Waals surface area contributed by atoms with Crippen LogP contribution in [0, 0.1) is 11.7 Å². The van der Waals surface area contributed by atoms with Gasteiger partial charge in [0.1, 0.15) is 17.7 Å². The molecule has 0 aromatic heterocycles. The molecule has 3 rings (SSSR count). The first kappa shape index (κ1) is 23.2. The van der Waals surface area contributed by atoms with Crippen molar-refractivity contribution in [3.8, 4) is 5.75 Å². The molecule has 0 aliphatic carbocycles. The van der Waals surface area contributed by atoms with E-state index in [1.165, 1.54) is 12.1 Å². The Kier molecular flexibility index (Phi) is 8.41. The molecular weight excluding hydrogens is 398 g/mol. The Hall–Kier alpha value is -2.47. The average Bonchev–Trinajstić information content (AvgIpc) is 2.77. The van der Waals surface area contributed by atoms with Gasteiger partial charge in [-0.05, 0) is 60.7 Å². The monoisotopic (exact) mass is 430 g/mol. The molecule has 0 spiro atoms. The highest BCUT2D eigenvalue weighted by Crippen LogP contribution is 2.21. The number of amides is 1. The molecule has 1 amide bonds. The van der Waals surface area contributed by atoms with E-state index in [1.807, 2.05) is 24.3 Å². The number of carbonyl (C=O) groups is 1. The van der Waals surface area contributed by atoms with Crippen molar-refractivity contribution in [3.05, 3.63) is 65.5 Å². The highest BCUT2D eigenvalue weighted by Gasteiger charge is 2.32. The fourth-order valence-corrected chi connectivity index (χ4v) is 3.74. The summed E-state index contributed by atoms with van der Waals surface area (Å²) >= 11 is 0. The molecule has 0 saturated carbocycles. The SMILES string of the molecule is CC(C)COc1ccc(CCC(=O)N(Cc2ccc(F)cc2)[C@H]2CCNC[C@H]2F)cc1. The molecular formula is C25H32F2N2O2. The van der Waals surface area contributed by atoms with Gasteiger partial charge in [-0.15, -0.1) is 0 Å². The van der Waals surface area contributed by atoms with E-state index < -0.39 is 12.2 Å². The number of piperidine rings is 1. The number of alkyl halides is 1. The molecule has 2 aromatic carbocycles. The summed E-state index contributed by atoms with van der Waals surface area (Å²) in [4.78, 5) is 14.8. The third kappa shape index (κ3) is 7.03. The van der Waals surface area contributed by atoms with Crippen LogP contribution in [0.1, 0.15) is 37.8 Å². The number of carbonyl (C=O) groups excluding carboxylic acids is 1. The first-order valence-corrected chi connectivity index (χ1v) is 11.0. The van der Waals surface area contributed by atoms with Crippen molar-refractivity contribution in [2.24, 2.45) is 5.92 Å². The number of ether oxygens (including phenoxy) is 1. The van der Waals surface area contributed by atoms with Crippen LogP contribution in [-0.2, 0) is 17.8 Å². The van der Waals surface area contributed by atoms with Gasteiger partial charge in [0.2, 0.25) is 5.91 Å². The first-order chi connectivity index (χ1) is 14.9. The fourth-order valence-electron chi connectivity index (χ4n) is 3.74. The van der Waals surface area contributed by atoms with E-state index in [0.29, 0.717) is 38.3 Å². The van der Waals surface area contributed by atoms with Crippen LogP contribution >= 0.6 is 0 Å². The molecule has 6 heteroatoms. The van der Waals surface area contributed by atoms with Gasteiger partial charge < -0.3 is 15.0 Å². The van der Waals surface area contributed by atoms with Gasteiger partial charge in [-0.2, -0.15) is 0 Å². The van der Waals surface area contributed by atoms with E-state index in [2.05, 4.69) is 19.2 Å². The van der Waals surface area contributed by atoms with Crippen molar-refractivity contribution < 1.29 is 18.3 Å². The second kappa shape index (κ2) is 11.2. The van der Waals surface area contributed by atoms with Crippen molar-refractivity contribution in [3.63, 3.8) is 0 Å². The Morgan fingerprint density at radius 3 is 2.45 bits per heavy atom. The van der Waals surface area contributed by atoms with Gasteiger partial charge in [-0.1, -0.05) is 38.1 Å². The van der Waals surface area contributed by atoms with Gasteiger partial charge in [0.15, 0.2) is 0 Å². The molecule has 1 fully saturated rings. The number of benzene rings is 2. The number of rotatable bonds is 9.